The molecule has 0 radical (unpaired) electrons. The van der Waals surface area contributed by atoms with E-state index in [9.17, 15) is 8.42 Å². The predicted molar refractivity (Wildman–Crippen MR) is 90.7 cm³/mol. The molecule has 0 bridgehead atoms. The Bertz CT molecular complexity index is 626. The number of hydrogen-bond acceptors (Lipinski definition) is 5. The molecule has 128 valence electrons. The molecule has 6 heteroatoms. The average Bonchev–Trinajstić information content (AvgIpc) is 3.18. The van der Waals surface area contributed by atoms with Crippen molar-refractivity contribution in [3.05, 3.63) is 24.3 Å². The van der Waals surface area contributed by atoms with E-state index >= 15 is 0 Å². The zero-order valence-corrected chi connectivity index (χ0v) is 14.6. The molecule has 3 rings (SSSR count). The molecule has 1 atom stereocenters. The Morgan fingerprint density at radius 1 is 1.22 bits per heavy atom. The quantitative estimate of drug-likeness (QED) is 0.789. The standard InChI is InChI=1S/C17H26N2O3S/c1-23(20,21)17-6-4-5-16(13-17)22-12-11-18-10-7-15(14-18)19-8-2-3-9-19/h4-6,13,15H,2-3,7-12,14H2,1H3/t15-/m1/s1. The summed E-state index contributed by atoms with van der Waals surface area (Å²) < 4.78 is 28.9. The van der Waals surface area contributed by atoms with Gasteiger partial charge in [0.25, 0.3) is 0 Å². The van der Waals surface area contributed by atoms with E-state index < -0.39 is 9.84 Å². The molecular formula is C17H26N2O3S. The Balaban J connectivity index is 1.45. The van der Waals surface area contributed by atoms with Crippen LogP contribution in [0.2, 0.25) is 0 Å². The number of benzene rings is 1. The van der Waals surface area contributed by atoms with Gasteiger partial charge in [0.2, 0.25) is 0 Å². The lowest BCUT2D eigenvalue weighted by atomic mass is 10.2. The Morgan fingerprint density at radius 2 is 2.00 bits per heavy atom. The summed E-state index contributed by atoms with van der Waals surface area (Å²) in [4.78, 5) is 5.38. The van der Waals surface area contributed by atoms with Gasteiger partial charge in [0.05, 0.1) is 4.90 Å². The smallest absolute Gasteiger partial charge is 0.175 e. The van der Waals surface area contributed by atoms with Gasteiger partial charge in [-0.2, -0.15) is 0 Å². The van der Waals surface area contributed by atoms with Gasteiger partial charge < -0.3 is 4.74 Å². The van der Waals surface area contributed by atoms with Crippen molar-refractivity contribution in [2.45, 2.75) is 30.2 Å². The molecule has 1 aromatic rings. The van der Waals surface area contributed by atoms with Crippen molar-refractivity contribution in [2.24, 2.45) is 0 Å². The second-order valence-corrected chi connectivity index (χ2v) is 8.60. The molecule has 2 aliphatic heterocycles. The molecule has 0 saturated carbocycles. The van der Waals surface area contributed by atoms with Gasteiger partial charge in [-0.1, -0.05) is 6.07 Å². The van der Waals surface area contributed by atoms with Crippen LogP contribution in [0.1, 0.15) is 19.3 Å². The molecule has 0 spiro atoms. The third kappa shape index (κ3) is 4.46. The number of ether oxygens (including phenoxy) is 1. The highest BCUT2D eigenvalue weighted by Crippen LogP contribution is 2.21. The molecule has 0 amide bonds. The summed E-state index contributed by atoms with van der Waals surface area (Å²) in [5.41, 5.74) is 0. The van der Waals surface area contributed by atoms with Gasteiger partial charge in [-0.05, 0) is 57.1 Å². The van der Waals surface area contributed by atoms with E-state index in [0.717, 1.165) is 19.6 Å². The molecule has 0 N–H and O–H groups in total. The fourth-order valence-electron chi connectivity index (χ4n) is 3.51. The molecule has 1 aromatic carbocycles. The van der Waals surface area contributed by atoms with Gasteiger partial charge in [0.1, 0.15) is 12.4 Å². The van der Waals surface area contributed by atoms with Crippen LogP contribution in [-0.2, 0) is 9.84 Å². The molecule has 2 fully saturated rings. The van der Waals surface area contributed by atoms with Crippen molar-refractivity contribution in [1.82, 2.24) is 9.80 Å². The number of sulfone groups is 1. The van der Waals surface area contributed by atoms with Crippen LogP contribution >= 0.6 is 0 Å². The highest BCUT2D eigenvalue weighted by atomic mass is 32.2. The average molecular weight is 338 g/mol. The third-order valence-corrected chi connectivity index (χ3v) is 5.92. The first-order valence-electron chi connectivity index (χ1n) is 8.42. The largest absolute Gasteiger partial charge is 0.492 e. The van der Waals surface area contributed by atoms with E-state index in [1.165, 1.54) is 38.6 Å². The Labute approximate surface area is 139 Å². The fraction of sp³-hybridized carbons (Fsp3) is 0.647. The maximum absolute atomic E-state index is 11.6. The van der Waals surface area contributed by atoms with Crippen LogP contribution in [0.5, 0.6) is 5.75 Å². The number of nitrogens with zero attached hydrogens (tertiary/aromatic N) is 2. The molecule has 5 nitrogen and oxygen atoms in total. The SMILES string of the molecule is CS(=O)(=O)c1cccc(OCCN2CC[C@@H](N3CCCC3)C2)c1. The summed E-state index contributed by atoms with van der Waals surface area (Å²) in [6, 6.07) is 7.46. The molecule has 2 aliphatic rings. The lowest BCUT2D eigenvalue weighted by molar-refractivity contribution is 0.207. The van der Waals surface area contributed by atoms with E-state index in [2.05, 4.69) is 9.80 Å². The number of hydrogen-bond donors (Lipinski definition) is 0. The lowest BCUT2D eigenvalue weighted by Gasteiger charge is -2.23. The number of rotatable bonds is 6. The Morgan fingerprint density at radius 3 is 2.74 bits per heavy atom. The summed E-state index contributed by atoms with van der Waals surface area (Å²) >= 11 is 0. The second-order valence-electron chi connectivity index (χ2n) is 6.58. The zero-order valence-electron chi connectivity index (χ0n) is 13.8. The molecular weight excluding hydrogens is 312 g/mol. The van der Waals surface area contributed by atoms with Crippen molar-refractivity contribution >= 4 is 9.84 Å². The minimum absolute atomic E-state index is 0.310. The van der Waals surface area contributed by atoms with Crippen LogP contribution in [-0.4, -0.2) is 69.8 Å². The van der Waals surface area contributed by atoms with Crippen LogP contribution in [0, 0.1) is 0 Å². The van der Waals surface area contributed by atoms with E-state index in [-0.39, 0.29) is 0 Å². The van der Waals surface area contributed by atoms with Gasteiger partial charge in [-0.25, -0.2) is 8.42 Å². The van der Waals surface area contributed by atoms with Gasteiger partial charge >= 0.3 is 0 Å². The van der Waals surface area contributed by atoms with Crippen LogP contribution in [0.15, 0.2) is 29.2 Å². The maximum Gasteiger partial charge on any atom is 0.175 e. The van der Waals surface area contributed by atoms with Crippen molar-refractivity contribution in [1.29, 1.82) is 0 Å². The summed E-state index contributed by atoms with van der Waals surface area (Å²) in [7, 11) is -3.18. The van der Waals surface area contributed by atoms with Crippen LogP contribution in [0.25, 0.3) is 0 Å². The molecule has 0 aliphatic carbocycles. The molecule has 0 aromatic heterocycles. The van der Waals surface area contributed by atoms with E-state index in [4.69, 9.17) is 4.74 Å². The van der Waals surface area contributed by atoms with E-state index in [0.29, 0.717) is 23.3 Å². The maximum atomic E-state index is 11.6. The van der Waals surface area contributed by atoms with E-state index in [1.807, 2.05) is 6.07 Å². The fourth-order valence-corrected chi connectivity index (χ4v) is 4.16. The highest BCUT2D eigenvalue weighted by molar-refractivity contribution is 7.90. The Kier molecular flexibility index (Phi) is 5.24. The van der Waals surface area contributed by atoms with E-state index in [1.54, 1.807) is 18.2 Å². The minimum atomic E-state index is -3.18. The molecule has 2 heterocycles. The van der Waals surface area contributed by atoms with Crippen LogP contribution in [0.4, 0.5) is 0 Å². The second kappa shape index (κ2) is 7.20. The molecule has 0 unspecified atom stereocenters. The first-order chi connectivity index (χ1) is 11.0. The van der Waals surface area contributed by atoms with Gasteiger partial charge in [0.15, 0.2) is 9.84 Å². The van der Waals surface area contributed by atoms with Crippen molar-refractivity contribution in [2.75, 3.05) is 45.6 Å². The van der Waals surface area contributed by atoms with Gasteiger partial charge in [0, 0.05) is 25.4 Å². The van der Waals surface area contributed by atoms with Crippen molar-refractivity contribution in [3.63, 3.8) is 0 Å². The van der Waals surface area contributed by atoms with Crippen LogP contribution < -0.4 is 4.74 Å². The van der Waals surface area contributed by atoms with Crippen LogP contribution in [0.3, 0.4) is 0 Å². The lowest BCUT2D eigenvalue weighted by Crippen LogP contribution is -2.36. The summed E-state index contributed by atoms with van der Waals surface area (Å²) in [6.45, 7) is 6.27. The van der Waals surface area contributed by atoms with Crippen molar-refractivity contribution in [3.8, 4) is 5.75 Å². The normalized spacial score (nSPS) is 23.4. The monoisotopic (exact) mass is 338 g/mol. The summed E-state index contributed by atoms with van der Waals surface area (Å²) in [6.07, 6.45) is 5.16. The van der Waals surface area contributed by atoms with Crippen molar-refractivity contribution < 1.29 is 13.2 Å². The first kappa shape index (κ1) is 16.7. The van der Waals surface area contributed by atoms with Gasteiger partial charge in [-0.3, -0.25) is 9.80 Å². The first-order valence-corrected chi connectivity index (χ1v) is 10.3. The van der Waals surface area contributed by atoms with Gasteiger partial charge in [-0.15, -0.1) is 0 Å². The molecule has 2 saturated heterocycles. The highest BCUT2D eigenvalue weighted by Gasteiger charge is 2.28. The molecule has 23 heavy (non-hydrogen) atoms. The minimum Gasteiger partial charge on any atom is -0.492 e. The summed E-state index contributed by atoms with van der Waals surface area (Å²) in [5.74, 6) is 0.628. The predicted octanol–water partition coefficient (Wildman–Crippen LogP) is 1.64. The third-order valence-electron chi connectivity index (χ3n) is 4.81. The number of likely N-dealkylation sites (tertiary alicyclic amines) is 2. The zero-order chi connectivity index (χ0) is 16.3. The topological polar surface area (TPSA) is 49.9 Å². The Hall–Kier alpha value is -1.11. The summed E-state index contributed by atoms with van der Waals surface area (Å²) in [5, 5.41) is 0.